The molecule has 0 radical (unpaired) electrons. The molecule has 2 aromatic rings. The molecule has 1 aliphatic carbocycles. The molecule has 0 saturated heterocycles. The van der Waals surface area contributed by atoms with E-state index < -0.39 is 0 Å². The third-order valence-corrected chi connectivity index (χ3v) is 5.16. The maximum atomic E-state index is 13.8. The second-order valence-corrected chi connectivity index (χ2v) is 7.38. The Hall–Kier alpha value is -3.55. The molecule has 1 amide bonds. The number of carbonyl (C=O) groups excluding carboxylic acids is 1. The van der Waals surface area contributed by atoms with Crippen LogP contribution in [0, 0.1) is 5.82 Å². The zero-order valence-corrected chi connectivity index (χ0v) is 17.4. The predicted octanol–water partition coefficient (Wildman–Crippen LogP) is 4.97. The van der Waals surface area contributed by atoms with E-state index in [0.29, 0.717) is 22.9 Å². The minimum absolute atomic E-state index is 0.0595. The first kappa shape index (κ1) is 22.1. The summed E-state index contributed by atoms with van der Waals surface area (Å²) in [4.78, 5) is 11.7. The molecule has 8 heteroatoms. The molecule has 3 rings (SSSR count). The summed E-state index contributed by atoms with van der Waals surface area (Å²) in [7, 11) is 0. The van der Waals surface area contributed by atoms with Gasteiger partial charge in [-0.3, -0.25) is 4.79 Å². The van der Waals surface area contributed by atoms with E-state index >= 15 is 0 Å². The molecule has 0 bridgehead atoms. The number of hydrazone groups is 1. The number of carbonyl (C=O) groups is 1. The fourth-order valence-electron chi connectivity index (χ4n) is 3.55. The van der Waals surface area contributed by atoms with Gasteiger partial charge in [-0.1, -0.05) is 44.0 Å². The van der Waals surface area contributed by atoms with Gasteiger partial charge in [0.05, 0.1) is 6.54 Å². The number of amidine groups is 1. The summed E-state index contributed by atoms with van der Waals surface area (Å²) in [5, 5.41) is 18.3. The summed E-state index contributed by atoms with van der Waals surface area (Å²) >= 11 is 0. The van der Waals surface area contributed by atoms with Crippen LogP contribution in [0.5, 0.6) is 0 Å². The van der Waals surface area contributed by atoms with Crippen molar-refractivity contribution in [1.82, 2.24) is 0 Å². The number of halogens is 1. The third-order valence-electron chi connectivity index (χ3n) is 5.16. The van der Waals surface area contributed by atoms with Gasteiger partial charge in [0.2, 0.25) is 11.7 Å². The minimum atomic E-state index is -0.346. The molecule has 0 atom stereocenters. The lowest BCUT2D eigenvalue weighted by molar-refractivity contribution is -0.111. The van der Waals surface area contributed by atoms with Crippen LogP contribution in [0.2, 0.25) is 0 Å². The number of nitrogens with two attached hydrogens (primary N) is 1. The highest BCUT2D eigenvalue weighted by Gasteiger charge is 2.17. The first-order valence-corrected chi connectivity index (χ1v) is 10.3. The van der Waals surface area contributed by atoms with E-state index in [9.17, 15) is 9.18 Å². The number of amides is 1. The highest BCUT2D eigenvalue weighted by molar-refractivity contribution is 6.06. The van der Waals surface area contributed by atoms with Gasteiger partial charge in [0.1, 0.15) is 5.82 Å². The maximum Gasteiger partial charge on any atom is 0.247 e. The SMILES string of the molecule is C=CC(=O)Nc1ccc(NC2CCCCC2)c(/C(N=NCc2ccccc2F)=N/N)c1. The fourth-order valence-corrected chi connectivity index (χ4v) is 3.55. The van der Waals surface area contributed by atoms with Crippen molar-refractivity contribution in [3.63, 3.8) is 0 Å². The predicted molar refractivity (Wildman–Crippen MR) is 121 cm³/mol. The lowest BCUT2D eigenvalue weighted by Gasteiger charge is -2.25. The van der Waals surface area contributed by atoms with E-state index in [2.05, 4.69) is 32.5 Å². The van der Waals surface area contributed by atoms with Crippen LogP contribution in [-0.2, 0) is 11.3 Å². The minimum Gasteiger partial charge on any atom is -0.382 e. The number of benzene rings is 2. The molecule has 0 aliphatic heterocycles. The average molecular weight is 423 g/mol. The zero-order valence-electron chi connectivity index (χ0n) is 17.4. The number of nitrogens with zero attached hydrogens (tertiary/aromatic N) is 3. The van der Waals surface area contributed by atoms with E-state index in [4.69, 9.17) is 5.84 Å². The van der Waals surface area contributed by atoms with Crippen LogP contribution in [0.25, 0.3) is 0 Å². The van der Waals surface area contributed by atoms with Crippen LogP contribution in [0.1, 0.15) is 43.2 Å². The number of anilines is 2. The van der Waals surface area contributed by atoms with E-state index in [1.807, 2.05) is 6.07 Å². The molecule has 0 aromatic heterocycles. The first-order chi connectivity index (χ1) is 15.1. The number of rotatable bonds is 7. The number of hydrogen-bond donors (Lipinski definition) is 3. The van der Waals surface area contributed by atoms with Gasteiger partial charge in [-0.25, -0.2) is 4.39 Å². The maximum absolute atomic E-state index is 13.8. The Morgan fingerprint density at radius 1 is 1.19 bits per heavy atom. The van der Waals surface area contributed by atoms with Crippen molar-refractivity contribution in [2.45, 2.75) is 44.7 Å². The molecule has 2 aromatic carbocycles. The summed E-state index contributed by atoms with van der Waals surface area (Å²) < 4.78 is 13.8. The van der Waals surface area contributed by atoms with Gasteiger partial charge in [0.25, 0.3) is 0 Å². The van der Waals surface area contributed by atoms with E-state index in [0.717, 1.165) is 18.5 Å². The van der Waals surface area contributed by atoms with Gasteiger partial charge in [-0.15, -0.1) is 5.11 Å². The summed E-state index contributed by atoms with van der Waals surface area (Å²) in [6, 6.07) is 12.1. The van der Waals surface area contributed by atoms with Gasteiger partial charge in [0.15, 0.2) is 0 Å². The Bertz CT molecular complexity index is 982. The van der Waals surface area contributed by atoms with Crippen molar-refractivity contribution >= 4 is 23.1 Å². The molecule has 0 unspecified atom stereocenters. The Morgan fingerprint density at radius 3 is 2.68 bits per heavy atom. The monoisotopic (exact) mass is 422 g/mol. The van der Waals surface area contributed by atoms with E-state index in [1.165, 1.54) is 31.4 Å². The standard InChI is InChI=1S/C23H27FN6O/c1-2-22(31)28-18-12-13-21(27-17-9-4-3-5-10-17)19(14-18)23(29-25)30-26-15-16-8-6-7-11-20(16)24/h2,6-8,11-14,17,27H,1,3-5,9-10,15,25H2,(H,28,31)/b29-23-,30-26?. The Kier molecular flexibility index (Phi) is 7.86. The molecular formula is C23H27FN6O. The van der Waals surface area contributed by atoms with Crippen molar-refractivity contribution in [2.24, 2.45) is 21.2 Å². The van der Waals surface area contributed by atoms with Crippen LogP contribution >= 0.6 is 0 Å². The summed E-state index contributed by atoms with van der Waals surface area (Å²) in [6.45, 7) is 3.53. The Morgan fingerprint density at radius 2 is 1.97 bits per heavy atom. The summed E-state index contributed by atoms with van der Waals surface area (Å²) in [5.41, 5.74) is 2.39. The van der Waals surface area contributed by atoms with E-state index in [-0.39, 0.29) is 24.1 Å². The zero-order chi connectivity index (χ0) is 22.1. The number of hydrogen-bond acceptors (Lipinski definition) is 5. The molecule has 4 N–H and O–H groups in total. The molecule has 162 valence electrons. The number of nitrogens with one attached hydrogen (secondary N) is 2. The quantitative estimate of drug-likeness (QED) is 0.147. The average Bonchev–Trinajstić information content (AvgIpc) is 2.79. The molecule has 1 fully saturated rings. The van der Waals surface area contributed by atoms with Gasteiger partial charge < -0.3 is 16.5 Å². The number of azo groups is 1. The normalized spacial score (nSPS) is 15.1. The van der Waals surface area contributed by atoms with Gasteiger partial charge in [0, 0.05) is 28.5 Å². The molecule has 0 heterocycles. The molecule has 1 saturated carbocycles. The third kappa shape index (κ3) is 6.21. The highest BCUT2D eigenvalue weighted by atomic mass is 19.1. The van der Waals surface area contributed by atoms with Crippen LogP contribution < -0.4 is 16.5 Å². The lowest BCUT2D eigenvalue weighted by Crippen LogP contribution is -2.23. The molecule has 31 heavy (non-hydrogen) atoms. The molecular weight excluding hydrogens is 395 g/mol. The van der Waals surface area contributed by atoms with Crippen LogP contribution in [0.3, 0.4) is 0 Å². The van der Waals surface area contributed by atoms with Crippen molar-refractivity contribution in [1.29, 1.82) is 0 Å². The van der Waals surface area contributed by atoms with Crippen molar-refractivity contribution < 1.29 is 9.18 Å². The molecule has 7 nitrogen and oxygen atoms in total. The molecule has 1 aliphatic rings. The Balaban J connectivity index is 1.86. The smallest absolute Gasteiger partial charge is 0.247 e. The Labute approximate surface area is 181 Å². The second-order valence-electron chi connectivity index (χ2n) is 7.38. The van der Waals surface area contributed by atoms with E-state index in [1.54, 1.807) is 30.3 Å². The highest BCUT2D eigenvalue weighted by Crippen LogP contribution is 2.27. The van der Waals surface area contributed by atoms with Crippen molar-refractivity contribution in [3.8, 4) is 0 Å². The van der Waals surface area contributed by atoms with Crippen LogP contribution in [0.15, 0.2) is 70.4 Å². The topological polar surface area (TPSA) is 104 Å². The van der Waals surface area contributed by atoms with Crippen LogP contribution in [0.4, 0.5) is 15.8 Å². The van der Waals surface area contributed by atoms with Gasteiger partial charge in [-0.2, -0.15) is 10.2 Å². The van der Waals surface area contributed by atoms with Crippen molar-refractivity contribution in [2.75, 3.05) is 10.6 Å². The van der Waals surface area contributed by atoms with Gasteiger partial charge in [-0.05, 0) is 43.2 Å². The summed E-state index contributed by atoms with van der Waals surface area (Å²) in [5.74, 6) is 5.13. The van der Waals surface area contributed by atoms with Gasteiger partial charge >= 0.3 is 0 Å². The largest absolute Gasteiger partial charge is 0.382 e. The first-order valence-electron chi connectivity index (χ1n) is 10.3. The second kappa shape index (κ2) is 11.0. The molecule has 0 spiro atoms. The lowest BCUT2D eigenvalue weighted by atomic mass is 9.95. The van der Waals surface area contributed by atoms with Crippen molar-refractivity contribution in [3.05, 3.63) is 72.1 Å². The fraction of sp³-hybridized carbons (Fsp3) is 0.304. The summed E-state index contributed by atoms with van der Waals surface area (Å²) in [6.07, 6.45) is 6.97. The van der Waals surface area contributed by atoms with Crippen LogP contribution in [-0.4, -0.2) is 17.8 Å².